The molecule has 2 aromatic rings. The molecule has 1 fully saturated rings. The third-order valence-electron chi connectivity index (χ3n) is 4.62. The molecule has 152 valence electrons. The number of carbonyl (C=O) groups excluding carboxylic acids is 3. The fourth-order valence-electron chi connectivity index (χ4n) is 3.41. The van der Waals surface area contributed by atoms with Crippen LogP contribution in [-0.4, -0.2) is 37.1 Å². The molecule has 1 aliphatic heterocycles. The summed E-state index contributed by atoms with van der Waals surface area (Å²) in [5.41, 5.74) is 0.549. The number of methoxy groups -OCH3 is 1. The van der Waals surface area contributed by atoms with Crippen molar-refractivity contribution in [2.75, 3.05) is 7.11 Å². The Kier molecular flexibility index (Phi) is 4.25. The minimum absolute atomic E-state index is 0.00560. The van der Waals surface area contributed by atoms with Crippen LogP contribution in [0.15, 0.2) is 18.3 Å². The third kappa shape index (κ3) is 3.18. The summed E-state index contributed by atoms with van der Waals surface area (Å²) in [4.78, 5) is 35.9. The molecular weight excluding hydrogens is 385 g/mol. The Hall–Kier alpha value is -3.50. The van der Waals surface area contributed by atoms with E-state index in [4.69, 9.17) is 23.4 Å². The second-order valence-corrected chi connectivity index (χ2v) is 6.84. The van der Waals surface area contributed by atoms with Crippen LogP contribution in [0.1, 0.15) is 43.1 Å². The number of phenolic OH excluding ortho intramolecular Hbond substituents is 1. The lowest BCUT2D eigenvalue weighted by Gasteiger charge is -2.41. The van der Waals surface area contributed by atoms with E-state index in [0.717, 1.165) is 26.7 Å². The van der Waals surface area contributed by atoms with Crippen molar-refractivity contribution in [3.8, 4) is 17.2 Å². The van der Waals surface area contributed by atoms with Crippen LogP contribution in [0.2, 0.25) is 0 Å². The predicted octanol–water partition coefficient (Wildman–Crippen LogP) is 1.29. The summed E-state index contributed by atoms with van der Waals surface area (Å²) in [7, 11) is 1.41. The Balaban J connectivity index is 1.98. The summed E-state index contributed by atoms with van der Waals surface area (Å²) in [5.74, 6) is -2.52. The number of carbonyl (C=O) groups is 3. The lowest BCUT2D eigenvalue weighted by Crippen LogP contribution is -2.58. The number of hydrogen-bond donors (Lipinski definition) is 1. The van der Waals surface area contributed by atoms with Crippen LogP contribution >= 0.6 is 0 Å². The maximum atomic E-state index is 12.8. The van der Waals surface area contributed by atoms with Gasteiger partial charge in [0.05, 0.1) is 12.5 Å². The number of phenols is 1. The van der Waals surface area contributed by atoms with E-state index in [1.165, 1.54) is 25.4 Å². The number of fused-ring (bicyclic) bond motifs is 3. The molecule has 2 heterocycles. The van der Waals surface area contributed by atoms with Crippen molar-refractivity contribution < 1.29 is 47.4 Å². The lowest BCUT2D eigenvalue weighted by atomic mass is 9.98. The van der Waals surface area contributed by atoms with E-state index in [-0.39, 0.29) is 28.9 Å². The first-order valence-corrected chi connectivity index (χ1v) is 8.96. The minimum atomic E-state index is -3.49. The lowest BCUT2D eigenvalue weighted by molar-refractivity contribution is -0.675. The molecule has 0 unspecified atom stereocenters. The molecule has 4 rings (SSSR count). The Bertz CT molecular complexity index is 1050. The van der Waals surface area contributed by atoms with Gasteiger partial charge in [-0.3, -0.25) is 14.4 Å². The summed E-state index contributed by atoms with van der Waals surface area (Å²) in [5, 5.41) is 10.6. The summed E-state index contributed by atoms with van der Waals surface area (Å²) in [6, 6.07) is 3.03. The largest absolute Gasteiger partial charge is 0.782 e. The van der Waals surface area contributed by atoms with Crippen molar-refractivity contribution in [3.63, 3.8) is 0 Å². The number of nitrogens with zero attached hydrogens (tertiary/aromatic N) is 1. The van der Waals surface area contributed by atoms with E-state index in [1.807, 2.05) is 4.57 Å². The normalized spacial score (nSPS) is 17.0. The van der Waals surface area contributed by atoms with Gasteiger partial charge in [-0.25, -0.2) is 0 Å². The number of benzene rings is 1. The Morgan fingerprint density at radius 1 is 1.17 bits per heavy atom. The van der Waals surface area contributed by atoms with E-state index in [9.17, 15) is 19.5 Å². The van der Waals surface area contributed by atoms with Crippen molar-refractivity contribution >= 4 is 35.8 Å². The number of aromatic hydroxyl groups is 1. The van der Waals surface area contributed by atoms with Crippen molar-refractivity contribution in [2.24, 2.45) is 0 Å². The SMILES string of the molecule is COc1c(O)ccc2c3c(c[n+](C4CC4)c12)C(=O)O[B-](OC(C)=O)(OC(C)=O)O3. The number of hydrogen-bond acceptors (Lipinski definition) is 9. The maximum Gasteiger partial charge on any atom is 0.782 e. The van der Waals surface area contributed by atoms with E-state index in [2.05, 4.69) is 0 Å². The molecule has 11 heteroatoms. The average Bonchev–Trinajstić information content (AvgIpc) is 3.44. The summed E-state index contributed by atoms with van der Waals surface area (Å²) < 4.78 is 27.9. The Morgan fingerprint density at radius 3 is 2.38 bits per heavy atom. The highest BCUT2D eigenvalue weighted by atomic mass is 16.9. The molecule has 0 spiro atoms. The van der Waals surface area contributed by atoms with Gasteiger partial charge in [0.2, 0.25) is 5.75 Å². The van der Waals surface area contributed by atoms with Gasteiger partial charge in [0.1, 0.15) is 5.75 Å². The molecule has 1 aromatic carbocycles. The van der Waals surface area contributed by atoms with Gasteiger partial charge in [-0.15, -0.1) is 0 Å². The summed E-state index contributed by atoms with van der Waals surface area (Å²) in [6.07, 6.45) is 3.31. The van der Waals surface area contributed by atoms with Crippen LogP contribution in [-0.2, 0) is 23.6 Å². The molecule has 0 radical (unpaired) electrons. The topological polar surface area (TPSA) is 121 Å². The Morgan fingerprint density at radius 2 is 1.83 bits per heavy atom. The first kappa shape index (κ1) is 18.8. The third-order valence-corrected chi connectivity index (χ3v) is 4.62. The predicted molar refractivity (Wildman–Crippen MR) is 96.0 cm³/mol. The molecule has 1 saturated carbocycles. The molecule has 0 bridgehead atoms. The van der Waals surface area contributed by atoms with Gasteiger partial charge in [-0.2, -0.15) is 4.57 Å². The second kappa shape index (κ2) is 6.54. The monoisotopic (exact) mass is 403 g/mol. The van der Waals surface area contributed by atoms with Crippen LogP contribution in [0.4, 0.5) is 0 Å². The van der Waals surface area contributed by atoms with Crippen LogP contribution < -0.4 is 14.0 Å². The Labute approximate surface area is 164 Å². The number of rotatable bonds is 4. The highest BCUT2D eigenvalue weighted by molar-refractivity contribution is 6.61. The van der Waals surface area contributed by atoms with E-state index < -0.39 is 24.9 Å². The highest BCUT2D eigenvalue weighted by Gasteiger charge is 2.52. The smallest absolute Gasteiger partial charge is 0.610 e. The number of aromatic nitrogens is 1. The maximum absolute atomic E-state index is 12.8. The quantitative estimate of drug-likeness (QED) is 0.594. The average molecular weight is 403 g/mol. The van der Waals surface area contributed by atoms with Crippen LogP contribution in [0.25, 0.3) is 10.9 Å². The second-order valence-electron chi connectivity index (χ2n) is 6.84. The number of pyridine rings is 1. The molecule has 2 aliphatic rings. The molecule has 0 saturated heterocycles. The van der Waals surface area contributed by atoms with E-state index >= 15 is 0 Å². The molecule has 10 nitrogen and oxygen atoms in total. The zero-order valence-corrected chi connectivity index (χ0v) is 16.0. The summed E-state index contributed by atoms with van der Waals surface area (Å²) in [6.45, 7) is -1.37. The fourth-order valence-corrected chi connectivity index (χ4v) is 3.41. The van der Waals surface area contributed by atoms with Crippen LogP contribution in [0, 0.1) is 0 Å². The first-order chi connectivity index (χ1) is 13.7. The van der Waals surface area contributed by atoms with Crippen molar-refractivity contribution in [3.05, 3.63) is 23.9 Å². The van der Waals surface area contributed by atoms with Gasteiger partial charge in [0, 0.05) is 26.7 Å². The molecular formula is C18H18BNO9. The van der Waals surface area contributed by atoms with Gasteiger partial charge in [-0.1, -0.05) is 0 Å². The van der Waals surface area contributed by atoms with Gasteiger partial charge >= 0.3 is 12.9 Å². The molecule has 1 aromatic heterocycles. The van der Waals surface area contributed by atoms with Crippen LogP contribution in [0.5, 0.6) is 17.2 Å². The van der Waals surface area contributed by atoms with Gasteiger partial charge in [0.25, 0.3) is 17.5 Å². The van der Waals surface area contributed by atoms with Crippen molar-refractivity contribution in [1.82, 2.24) is 0 Å². The van der Waals surface area contributed by atoms with Crippen molar-refractivity contribution in [1.29, 1.82) is 0 Å². The molecule has 1 N–H and O–H groups in total. The highest BCUT2D eigenvalue weighted by Crippen LogP contribution is 2.43. The van der Waals surface area contributed by atoms with Gasteiger partial charge in [0.15, 0.2) is 23.6 Å². The van der Waals surface area contributed by atoms with E-state index in [0.29, 0.717) is 10.9 Å². The minimum Gasteiger partial charge on any atom is -0.610 e. The van der Waals surface area contributed by atoms with Crippen molar-refractivity contribution in [2.45, 2.75) is 32.7 Å². The number of ether oxygens (including phenoxy) is 1. The molecule has 0 atom stereocenters. The zero-order chi connectivity index (χ0) is 20.9. The van der Waals surface area contributed by atoms with Crippen LogP contribution in [0.3, 0.4) is 0 Å². The summed E-state index contributed by atoms with van der Waals surface area (Å²) >= 11 is 0. The molecule has 0 amide bonds. The van der Waals surface area contributed by atoms with Gasteiger partial charge in [-0.05, 0) is 12.1 Å². The first-order valence-electron chi connectivity index (χ1n) is 8.96. The molecule has 29 heavy (non-hydrogen) atoms. The fraction of sp³-hybridized carbons (Fsp3) is 0.333. The van der Waals surface area contributed by atoms with E-state index in [1.54, 1.807) is 0 Å². The zero-order valence-electron chi connectivity index (χ0n) is 16.0. The van der Waals surface area contributed by atoms with Gasteiger partial charge < -0.3 is 28.5 Å². The molecule has 1 aliphatic carbocycles. The standard InChI is InChI=1S/C18H17BNO9/c1-9(21)26-19(27-10(2)22)28-16-12-6-7-14(23)17(25-3)15(12)20(11-4-5-11)8-13(16)18(24)29-19/h6-8,11H,4-5H2,1-3H3/q-1/p+1.